The van der Waals surface area contributed by atoms with E-state index in [2.05, 4.69) is 64.3 Å². The predicted octanol–water partition coefficient (Wildman–Crippen LogP) is 2.44. The molecule has 7 unspecified atom stereocenters. The van der Waals surface area contributed by atoms with Gasteiger partial charge in [0.1, 0.15) is 5.82 Å². The number of piperazine rings is 1. The molecule has 5 fully saturated rings. The van der Waals surface area contributed by atoms with Crippen LogP contribution < -0.4 is 21.1 Å². The van der Waals surface area contributed by atoms with Gasteiger partial charge in [0.2, 0.25) is 0 Å². The molecule has 7 rings (SSSR count). The van der Waals surface area contributed by atoms with Crippen LogP contribution in [0.25, 0.3) is 0 Å². The number of fused-ring (bicyclic) bond motifs is 3. The van der Waals surface area contributed by atoms with Crippen LogP contribution in [-0.2, 0) is 9.47 Å². The minimum atomic E-state index is -0.0751. The molecule has 4 saturated heterocycles. The van der Waals surface area contributed by atoms with E-state index >= 15 is 0 Å². The topological polar surface area (TPSA) is 96.5 Å². The van der Waals surface area contributed by atoms with Crippen LogP contribution in [0.5, 0.6) is 0 Å². The highest BCUT2D eigenvalue weighted by Gasteiger charge is 2.46. The first-order chi connectivity index (χ1) is 17.4. The van der Waals surface area contributed by atoms with Crippen LogP contribution in [-0.4, -0.2) is 65.7 Å². The van der Waals surface area contributed by atoms with Crippen molar-refractivity contribution in [3.8, 4) is 0 Å². The molecule has 9 heteroatoms. The van der Waals surface area contributed by atoms with Gasteiger partial charge in [-0.25, -0.2) is 10.4 Å². The zero-order valence-corrected chi connectivity index (χ0v) is 22.0. The van der Waals surface area contributed by atoms with Crippen molar-refractivity contribution in [1.82, 2.24) is 31.3 Å². The summed E-state index contributed by atoms with van der Waals surface area (Å²) in [4.78, 5) is 7.41. The second kappa shape index (κ2) is 9.61. The maximum absolute atomic E-state index is 6.69. The van der Waals surface area contributed by atoms with Crippen molar-refractivity contribution in [2.75, 3.05) is 25.1 Å². The van der Waals surface area contributed by atoms with Crippen LogP contribution in [0.2, 0.25) is 0 Å². The van der Waals surface area contributed by atoms with Crippen molar-refractivity contribution in [3.05, 3.63) is 46.4 Å². The molecule has 8 atom stereocenters. The molecule has 1 aliphatic carbocycles. The average Bonchev–Trinajstić information content (AvgIpc) is 3.25. The third kappa shape index (κ3) is 4.31. The Morgan fingerprint density at radius 2 is 1.78 bits per heavy atom. The lowest BCUT2D eigenvalue weighted by atomic mass is 9.77. The van der Waals surface area contributed by atoms with Gasteiger partial charge in [-0.2, -0.15) is 10.2 Å². The number of hydrazine groups is 1. The minimum absolute atomic E-state index is 0.00307. The summed E-state index contributed by atoms with van der Waals surface area (Å²) in [5, 5.41) is 12.0. The number of hydrogen-bond acceptors (Lipinski definition) is 9. The fourth-order valence-electron chi connectivity index (χ4n) is 7.05. The summed E-state index contributed by atoms with van der Waals surface area (Å²) >= 11 is 0. The Bertz CT molecular complexity index is 1080. The van der Waals surface area contributed by atoms with E-state index < -0.39 is 0 Å². The molecule has 194 valence electrons. The van der Waals surface area contributed by atoms with E-state index in [-0.39, 0.29) is 24.4 Å². The van der Waals surface area contributed by atoms with Crippen LogP contribution in [0.3, 0.4) is 0 Å². The molecule has 3 N–H and O–H groups in total. The molecule has 0 amide bonds. The van der Waals surface area contributed by atoms with Crippen molar-refractivity contribution in [3.63, 3.8) is 0 Å². The van der Waals surface area contributed by atoms with Gasteiger partial charge in [0, 0.05) is 50.1 Å². The van der Waals surface area contributed by atoms with Crippen LogP contribution in [0.15, 0.2) is 18.5 Å². The van der Waals surface area contributed by atoms with Gasteiger partial charge in [-0.1, -0.05) is 0 Å². The highest BCUT2D eigenvalue weighted by molar-refractivity contribution is 5.49. The Kier molecular flexibility index (Phi) is 6.46. The minimum Gasteiger partial charge on any atom is -0.379 e. The average molecular weight is 494 g/mol. The number of hydrogen-bond donors (Lipinski definition) is 3. The molecule has 36 heavy (non-hydrogen) atoms. The molecule has 1 saturated carbocycles. The van der Waals surface area contributed by atoms with Gasteiger partial charge in [0.15, 0.2) is 0 Å². The Labute approximate surface area is 213 Å². The molecular formula is C27H39N7O2. The first-order valence-corrected chi connectivity index (χ1v) is 13.4. The number of nitrogens with one attached hydrogen (secondary N) is 3. The maximum atomic E-state index is 6.69. The normalized spacial score (nSPS) is 34.2. The van der Waals surface area contributed by atoms with E-state index in [1.807, 2.05) is 13.1 Å². The highest BCUT2D eigenvalue weighted by atomic mass is 16.5. The number of nitrogens with zero attached hydrogens (tertiary/aromatic N) is 4. The van der Waals surface area contributed by atoms with E-state index in [0.717, 1.165) is 48.6 Å². The Morgan fingerprint density at radius 1 is 1.00 bits per heavy atom. The van der Waals surface area contributed by atoms with Gasteiger partial charge >= 0.3 is 0 Å². The van der Waals surface area contributed by atoms with Crippen LogP contribution >= 0.6 is 0 Å². The second-order valence-electron chi connectivity index (χ2n) is 11.2. The van der Waals surface area contributed by atoms with Crippen molar-refractivity contribution in [1.29, 1.82) is 0 Å². The number of ether oxygens (including phenoxy) is 2. The fraction of sp³-hybridized carbons (Fsp3) is 0.667. The molecule has 0 radical (unpaired) electrons. The summed E-state index contributed by atoms with van der Waals surface area (Å²) in [5.41, 5.74) is 12.8. The maximum Gasteiger partial charge on any atom is 0.131 e. The first-order valence-electron chi connectivity index (χ1n) is 13.4. The van der Waals surface area contributed by atoms with Crippen molar-refractivity contribution in [2.24, 2.45) is 5.92 Å². The molecule has 6 heterocycles. The Balaban J connectivity index is 1.19. The van der Waals surface area contributed by atoms with Crippen molar-refractivity contribution < 1.29 is 9.47 Å². The molecule has 5 aliphatic rings. The van der Waals surface area contributed by atoms with E-state index in [4.69, 9.17) is 14.5 Å². The Hall–Kier alpha value is -2.17. The Morgan fingerprint density at radius 3 is 2.47 bits per heavy atom. The first kappa shape index (κ1) is 24.2. The van der Waals surface area contributed by atoms with Gasteiger partial charge in [0.25, 0.3) is 0 Å². The van der Waals surface area contributed by atoms with E-state index in [1.165, 1.54) is 17.5 Å². The molecule has 9 nitrogen and oxygen atoms in total. The van der Waals surface area contributed by atoms with Gasteiger partial charge < -0.3 is 19.7 Å². The van der Waals surface area contributed by atoms with Crippen molar-refractivity contribution >= 4 is 5.82 Å². The van der Waals surface area contributed by atoms with E-state index in [0.29, 0.717) is 24.0 Å². The molecule has 4 aliphatic heterocycles. The molecule has 2 aromatic heterocycles. The molecule has 2 bridgehead atoms. The quantitative estimate of drug-likeness (QED) is 0.561. The zero-order valence-electron chi connectivity index (χ0n) is 22.0. The summed E-state index contributed by atoms with van der Waals surface area (Å²) < 4.78 is 12.6. The summed E-state index contributed by atoms with van der Waals surface area (Å²) in [6.45, 7) is 10.5. The SMILES string of the molecule is COC1CC2NNC(c3cnc(N4CC5CC(C4)N5)c(C)c3)C2CC1O[C@H](C)c1c(C)cnnc1C. The van der Waals surface area contributed by atoms with Gasteiger partial charge in [0.05, 0.1) is 36.2 Å². The van der Waals surface area contributed by atoms with Gasteiger partial charge in [-0.05, 0) is 75.6 Å². The highest BCUT2D eigenvalue weighted by Crippen LogP contribution is 2.42. The van der Waals surface area contributed by atoms with Crippen molar-refractivity contribution in [2.45, 2.75) is 89.4 Å². The lowest BCUT2D eigenvalue weighted by Gasteiger charge is -2.49. The van der Waals surface area contributed by atoms with Gasteiger partial charge in [-0.15, -0.1) is 0 Å². The number of methoxy groups -OCH3 is 1. The fourth-order valence-corrected chi connectivity index (χ4v) is 7.05. The number of anilines is 1. The summed E-state index contributed by atoms with van der Waals surface area (Å²) in [6.07, 6.45) is 6.98. The van der Waals surface area contributed by atoms with Crippen LogP contribution in [0.4, 0.5) is 5.82 Å². The van der Waals surface area contributed by atoms with E-state index in [9.17, 15) is 0 Å². The lowest BCUT2D eigenvalue weighted by molar-refractivity contribution is -0.117. The lowest BCUT2D eigenvalue weighted by Crippen LogP contribution is -2.67. The molecule has 2 aromatic rings. The zero-order chi connectivity index (χ0) is 25.0. The smallest absolute Gasteiger partial charge is 0.131 e. The predicted molar refractivity (Wildman–Crippen MR) is 138 cm³/mol. The van der Waals surface area contributed by atoms with Crippen LogP contribution in [0, 0.1) is 26.7 Å². The number of aromatic nitrogens is 3. The van der Waals surface area contributed by atoms with Gasteiger partial charge in [-0.3, -0.25) is 5.43 Å². The third-order valence-corrected chi connectivity index (χ3v) is 8.79. The number of piperidine rings is 1. The monoisotopic (exact) mass is 493 g/mol. The summed E-state index contributed by atoms with van der Waals surface area (Å²) in [5.74, 6) is 1.53. The second-order valence-corrected chi connectivity index (χ2v) is 11.2. The van der Waals surface area contributed by atoms with Crippen LogP contribution in [0.1, 0.15) is 66.3 Å². The molecule has 0 spiro atoms. The standard InChI is InChI=1S/C27H39N7O2/c1-14-6-18(11-28-27(14)34-12-19-7-20(13-34)30-19)26-21-8-24(23(35-5)9-22(21)32-33-26)36-17(4)25-15(2)10-29-31-16(25)3/h6,10-11,17,19-24,26,30,32-33H,7-9,12-13H2,1-5H3/t17-,19?,20?,21?,22?,23?,24?,26?/m1/s1. The largest absolute Gasteiger partial charge is 0.379 e. The van der Waals surface area contributed by atoms with E-state index in [1.54, 1.807) is 7.11 Å². The molecule has 0 aromatic carbocycles. The third-order valence-electron chi connectivity index (χ3n) is 8.79. The molecular weight excluding hydrogens is 454 g/mol. The summed E-state index contributed by atoms with van der Waals surface area (Å²) in [7, 11) is 1.79. The summed E-state index contributed by atoms with van der Waals surface area (Å²) in [6, 6.07) is 4.10. The number of rotatable bonds is 6. The number of pyridine rings is 1. The number of aryl methyl sites for hydroxylation is 3.